The molecule has 0 unspecified atom stereocenters. The number of halogens is 1. The van der Waals surface area contributed by atoms with Crippen LogP contribution in [0.2, 0.25) is 0 Å². The van der Waals surface area contributed by atoms with Crippen molar-refractivity contribution in [2.24, 2.45) is 0 Å². The van der Waals surface area contributed by atoms with Crippen molar-refractivity contribution in [1.29, 1.82) is 0 Å². The summed E-state index contributed by atoms with van der Waals surface area (Å²) in [5.41, 5.74) is 1.16. The summed E-state index contributed by atoms with van der Waals surface area (Å²) in [6, 6.07) is 15.6. The third kappa shape index (κ3) is 5.17. The molecule has 0 heterocycles. The first-order chi connectivity index (χ1) is 11.6. The fourth-order valence-corrected chi connectivity index (χ4v) is 1.93. The Kier molecular flexibility index (Phi) is 6.45. The molecule has 0 bridgehead atoms. The minimum atomic E-state index is -0.625. The second-order valence-corrected chi connectivity index (χ2v) is 5.12. The van der Waals surface area contributed by atoms with Gasteiger partial charge < -0.3 is 9.47 Å². The Hall–Kier alpha value is -2.73. The molecular weight excluding hydrogens is 332 g/mol. The van der Waals surface area contributed by atoms with Crippen LogP contribution in [0.5, 0.6) is 5.75 Å². The zero-order valence-electron chi connectivity index (χ0n) is 13.1. The Morgan fingerprint density at radius 1 is 1.12 bits per heavy atom. The summed E-state index contributed by atoms with van der Waals surface area (Å²) in [6.07, 6.45) is -1.16. The van der Waals surface area contributed by atoms with Crippen LogP contribution in [0.15, 0.2) is 54.6 Å². The lowest BCUT2D eigenvalue weighted by Crippen LogP contribution is -2.29. The number of benzene rings is 2. The molecule has 0 aliphatic carbocycles. The van der Waals surface area contributed by atoms with Gasteiger partial charge in [0.1, 0.15) is 12.4 Å². The van der Waals surface area contributed by atoms with E-state index >= 15 is 0 Å². The zero-order chi connectivity index (χ0) is 17.4. The van der Waals surface area contributed by atoms with Crippen LogP contribution in [-0.4, -0.2) is 31.7 Å². The molecule has 2 aromatic rings. The van der Waals surface area contributed by atoms with E-state index in [4.69, 9.17) is 21.1 Å². The van der Waals surface area contributed by atoms with E-state index in [-0.39, 0.29) is 12.5 Å². The Balaban J connectivity index is 1.98. The van der Waals surface area contributed by atoms with Crippen LogP contribution in [0, 0.1) is 0 Å². The maximum absolute atomic E-state index is 12.2. The van der Waals surface area contributed by atoms with E-state index in [9.17, 15) is 9.59 Å². The Morgan fingerprint density at radius 3 is 2.58 bits per heavy atom. The lowest BCUT2D eigenvalue weighted by Gasteiger charge is -2.17. The van der Waals surface area contributed by atoms with Crippen molar-refractivity contribution in [2.75, 3.05) is 29.8 Å². The monoisotopic (exact) mass is 348 g/mol. The number of carbonyl (C=O) groups is 2. The highest BCUT2D eigenvalue weighted by molar-refractivity contribution is 6.18. The lowest BCUT2D eigenvalue weighted by molar-refractivity contribution is 0.168. The molecule has 2 rings (SSSR count). The van der Waals surface area contributed by atoms with Crippen molar-refractivity contribution in [3.05, 3.63) is 54.6 Å². The molecule has 0 aliphatic heterocycles. The van der Waals surface area contributed by atoms with Crippen LogP contribution in [-0.2, 0) is 4.74 Å². The van der Waals surface area contributed by atoms with Gasteiger partial charge in [-0.15, -0.1) is 11.6 Å². The number of ether oxygens (including phenoxy) is 2. The van der Waals surface area contributed by atoms with Crippen molar-refractivity contribution in [3.63, 3.8) is 0 Å². The molecule has 0 aromatic heterocycles. The van der Waals surface area contributed by atoms with Gasteiger partial charge in [0.05, 0.1) is 5.88 Å². The number of nitrogens with one attached hydrogen (secondary N) is 1. The first kappa shape index (κ1) is 17.6. The molecule has 2 aromatic carbocycles. The van der Waals surface area contributed by atoms with E-state index in [1.807, 2.05) is 18.2 Å². The summed E-state index contributed by atoms with van der Waals surface area (Å²) >= 11 is 5.44. The molecule has 0 aliphatic rings. The van der Waals surface area contributed by atoms with Gasteiger partial charge in [0, 0.05) is 24.5 Å². The van der Waals surface area contributed by atoms with Crippen LogP contribution >= 0.6 is 11.6 Å². The van der Waals surface area contributed by atoms with E-state index in [1.54, 1.807) is 37.4 Å². The number of carbonyl (C=O) groups excluding carboxylic acids is 2. The number of alkyl halides is 1. The van der Waals surface area contributed by atoms with Crippen LogP contribution in [0.1, 0.15) is 0 Å². The molecule has 0 saturated carbocycles. The standard InChI is InChI=1S/C17H17ClN2O4/c1-20(14-7-3-2-4-8-14)17(22)24-15-9-5-6-13(12-15)19-16(21)23-11-10-18/h2-9,12H,10-11H2,1H3,(H,19,21). The van der Waals surface area contributed by atoms with E-state index in [1.165, 1.54) is 11.0 Å². The Bertz CT molecular complexity index is 694. The van der Waals surface area contributed by atoms with Crippen molar-refractivity contribution >= 4 is 35.2 Å². The second kappa shape index (κ2) is 8.79. The quantitative estimate of drug-likeness (QED) is 0.826. The maximum Gasteiger partial charge on any atom is 0.419 e. The molecule has 0 saturated heterocycles. The number of rotatable bonds is 5. The molecule has 0 radical (unpaired) electrons. The molecule has 6 nitrogen and oxygen atoms in total. The van der Waals surface area contributed by atoms with Gasteiger partial charge in [0.25, 0.3) is 0 Å². The first-order valence-electron chi connectivity index (χ1n) is 7.20. The molecule has 2 amide bonds. The largest absolute Gasteiger partial charge is 0.448 e. The zero-order valence-corrected chi connectivity index (χ0v) is 13.8. The molecular formula is C17H17ClN2O4. The van der Waals surface area contributed by atoms with Crippen molar-refractivity contribution < 1.29 is 19.1 Å². The summed E-state index contributed by atoms with van der Waals surface area (Å²) in [5.74, 6) is 0.523. The average Bonchev–Trinajstić information content (AvgIpc) is 2.60. The predicted octanol–water partition coefficient (Wildman–Crippen LogP) is 4.11. The molecule has 0 fully saturated rings. The third-order valence-electron chi connectivity index (χ3n) is 3.01. The van der Waals surface area contributed by atoms with E-state index in [0.717, 1.165) is 0 Å². The Morgan fingerprint density at radius 2 is 1.88 bits per heavy atom. The molecule has 126 valence electrons. The molecule has 1 N–H and O–H groups in total. The number of amides is 2. The van der Waals surface area contributed by atoms with Crippen molar-refractivity contribution in [3.8, 4) is 5.75 Å². The van der Waals surface area contributed by atoms with E-state index in [0.29, 0.717) is 17.1 Å². The van der Waals surface area contributed by atoms with Gasteiger partial charge in [-0.1, -0.05) is 24.3 Å². The summed E-state index contributed by atoms with van der Waals surface area (Å²) in [4.78, 5) is 25.0. The highest BCUT2D eigenvalue weighted by Crippen LogP contribution is 2.20. The third-order valence-corrected chi connectivity index (χ3v) is 3.17. The predicted molar refractivity (Wildman–Crippen MR) is 93.0 cm³/mol. The number of hydrogen-bond acceptors (Lipinski definition) is 4. The number of hydrogen-bond donors (Lipinski definition) is 1. The molecule has 0 atom stereocenters. The first-order valence-corrected chi connectivity index (χ1v) is 7.74. The van der Waals surface area contributed by atoms with Crippen LogP contribution < -0.4 is 15.0 Å². The summed E-state index contributed by atoms with van der Waals surface area (Å²) in [6.45, 7) is 0.115. The van der Waals surface area contributed by atoms with Gasteiger partial charge in [-0.3, -0.25) is 10.2 Å². The number of nitrogens with zero attached hydrogens (tertiary/aromatic N) is 1. The molecule has 24 heavy (non-hydrogen) atoms. The summed E-state index contributed by atoms with van der Waals surface area (Å²) in [5, 5.41) is 2.53. The fourth-order valence-electron chi connectivity index (χ4n) is 1.85. The summed E-state index contributed by atoms with van der Waals surface area (Å²) < 4.78 is 10.1. The highest BCUT2D eigenvalue weighted by Gasteiger charge is 2.13. The highest BCUT2D eigenvalue weighted by atomic mass is 35.5. The van der Waals surface area contributed by atoms with Crippen LogP contribution in [0.25, 0.3) is 0 Å². The topological polar surface area (TPSA) is 67.9 Å². The van der Waals surface area contributed by atoms with Crippen LogP contribution in [0.4, 0.5) is 21.0 Å². The second-order valence-electron chi connectivity index (χ2n) is 4.74. The van der Waals surface area contributed by atoms with Crippen LogP contribution in [0.3, 0.4) is 0 Å². The minimum Gasteiger partial charge on any atom is -0.448 e. The number of para-hydroxylation sites is 1. The van der Waals surface area contributed by atoms with Gasteiger partial charge in [0.15, 0.2) is 0 Å². The lowest BCUT2D eigenvalue weighted by atomic mass is 10.3. The van der Waals surface area contributed by atoms with Gasteiger partial charge in [-0.2, -0.15) is 0 Å². The summed E-state index contributed by atoms with van der Waals surface area (Å²) in [7, 11) is 1.61. The fraction of sp³-hybridized carbons (Fsp3) is 0.176. The SMILES string of the molecule is CN(C(=O)Oc1cccc(NC(=O)OCCCl)c1)c1ccccc1. The average molecular weight is 349 g/mol. The van der Waals surface area contributed by atoms with Gasteiger partial charge >= 0.3 is 12.2 Å². The van der Waals surface area contributed by atoms with E-state index < -0.39 is 12.2 Å². The van der Waals surface area contributed by atoms with E-state index in [2.05, 4.69) is 5.32 Å². The number of anilines is 2. The van der Waals surface area contributed by atoms with Gasteiger partial charge in [0.2, 0.25) is 0 Å². The van der Waals surface area contributed by atoms with Crippen molar-refractivity contribution in [2.45, 2.75) is 0 Å². The van der Waals surface area contributed by atoms with Gasteiger partial charge in [-0.05, 0) is 24.3 Å². The minimum absolute atomic E-state index is 0.115. The maximum atomic E-state index is 12.2. The molecule has 7 heteroatoms. The smallest absolute Gasteiger partial charge is 0.419 e. The molecule has 0 spiro atoms. The van der Waals surface area contributed by atoms with Crippen molar-refractivity contribution in [1.82, 2.24) is 0 Å². The Labute approximate surface area is 144 Å². The normalized spacial score (nSPS) is 9.92. The van der Waals surface area contributed by atoms with Gasteiger partial charge in [-0.25, -0.2) is 9.59 Å².